The van der Waals surface area contributed by atoms with Crippen LogP contribution in [0.1, 0.15) is 27.0 Å². The molecule has 0 spiro atoms. The zero-order valence-electron chi connectivity index (χ0n) is 13.1. The predicted molar refractivity (Wildman–Crippen MR) is 91.6 cm³/mol. The van der Waals surface area contributed by atoms with E-state index in [9.17, 15) is 25.1 Å². The van der Waals surface area contributed by atoms with Crippen molar-refractivity contribution in [3.63, 3.8) is 0 Å². The minimum Gasteiger partial charge on any atom is -0.508 e. The van der Waals surface area contributed by atoms with Crippen LogP contribution in [-0.4, -0.2) is 32.4 Å². The standard InChI is InChI=1S/C16H13ClN2O6/c1-7-11(15(21)14(19(24)25)8(2)13(7)17)6-18-12-4-3-9(20)5-10(12)16(22)23/h3-6,20-21H,1-2H3,(H,22,23). The quantitative estimate of drug-likeness (QED) is 0.430. The summed E-state index contributed by atoms with van der Waals surface area (Å²) < 4.78 is 0. The number of aromatic carboxylic acids is 1. The van der Waals surface area contributed by atoms with E-state index in [-0.39, 0.29) is 33.1 Å². The van der Waals surface area contributed by atoms with Crippen LogP contribution in [-0.2, 0) is 0 Å². The Bertz CT molecular complexity index is 924. The molecular formula is C16H13ClN2O6. The van der Waals surface area contributed by atoms with Gasteiger partial charge in [-0.25, -0.2) is 4.79 Å². The monoisotopic (exact) mass is 364 g/mol. The van der Waals surface area contributed by atoms with Crippen molar-refractivity contribution in [2.45, 2.75) is 13.8 Å². The SMILES string of the molecule is Cc1c(Cl)c(C)c([N+](=O)[O-])c(O)c1C=Nc1ccc(O)cc1C(=O)O. The van der Waals surface area contributed by atoms with Gasteiger partial charge in [0.2, 0.25) is 5.75 Å². The lowest BCUT2D eigenvalue weighted by Crippen LogP contribution is -2.00. The lowest BCUT2D eigenvalue weighted by atomic mass is 10.0. The number of carboxylic acid groups (broad SMARTS) is 1. The van der Waals surface area contributed by atoms with Crippen molar-refractivity contribution in [3.05, 3.63) is 55.6 Å². The van der Waals surface area contributed by atoms with Crippen LogP contribution in [0.5, 0.6) is 11.5 Å². The molecule has 0 saturated carbocycles. The molecule has 0 radical (unpaired) electrons. The van der Waals surface area contributed by atoms with Crippen LogP contribution in [0.25, 0.3) is 0 Å². The van der Waals surface area contributed by atoms with Crippen molar-refractivity contribution >= 4 is 35.2 Å². The number of nitrogens with zero attached hydrogens (tertiary/aromatic N) is 2. The summed E-state index contributed by atoms with van der Waals surface area (Å²) in [6.45, 7) is 2.96. The number of aromatic hydroxyl groups is 2. The van der Waals surface area contributed by atoms with Crippen molar-refractivity contribution in [1.82, 2.24) is 0 Å². The number of hydrogen-bond donors (Lipinski definition) is 3. The Morgan fingerprint density at radius 2 is 1.92 bits per heavy atom. The number of nitro groups is 1. The average molecular weight is 365 g/mol. The Kier molecular flexibility index (Phi) is 4.94. The van der Waals surface area contributed by atoms with Gasteiger partial charge in [0.15, 0.2) is 0 Å². The number of phenols is 2. The minimum absolute atomic E-state index is 0.00319. The van der Waals surface area contributed by atoms with Crippen LogP contribution in [0, 0.1) is 24.0 Å². The highest BCUT2D eigenvalue weighted by atomic mass is 35.5. The summed E-state index contributed by atoms with van der Waals surface area (Å²) in [5, 5.41) is 40.0. The van der Waals surface area contributed by atoms with E-state index in [2.05, 4.69) is 4.99 Å². The van der Waals surface area contributed by atoms with Gasteiger partial charge in [-0.3, -0.25) is 15.1 Å². The summed E-state index contributed by atoms with van der Waals surface area (Å²) in [7, 11) is 0. The molecule has 0 unspecified atom stereocenters. The van der Waals surface area contributed by atoms with Gasteiger partial charge in [0.1, 0.15) is 5.75 Å². The van der Waals surface area contributed by atoms with Gasteiger partial charge in [-0.2, -0.15) is 0 Å². The number of carboxylic acids is 1. The third-order valence-electron chi connectivity index (χ3n) is 3.62. The molecule has 0 amide bonds. The maximum Gasteiger partial charge on any atom is 0.338 e. The lowest BCUT2D eigenvalue weighted by Gasteiger charge is -2.10. The van der Waals surface area contributed by atoms with Crippen LogP contribution >= 0.6 is 11.6 Å². The minimum atomic E-state index is -1.31. The molecule has 0 bridgehead atoms. The van der Waals surface area contributed by atoms with Crippen LogP contribution in [0.4, 0.5) is 11.4 Å². The molecule has 25 heavy (non-hydrogen) atoms. The molecule has 0 aromatic heterocycles. The molecule has 2 aromatic carbocycles. The molecule has 8 nitrogen and oxygen atoms in total. The van der Waals surface area contributed by atoms with Gasteiger partial charge in [0.05, 0.1) is 21.2 Å². The average Bonchev–Trinajstić information content (AvgIpc) is 2.53. The van der Waals surface area contributed by atoms with E-state index in [1.807, 2.05) is 0 Å². The van der Waals surface area contributed by atoms with Crippen LogP contribution < -0.4 is 0 Å². The molecule has 0 atom stereocenters. The number of halogens is 1. The van der Waals surface area contributed by atoms with Gasteiger partial charge in [0, 0.05) is 17.3 Å². The van der Waals surface area contributed by atoms with E-state index in [4.69, 9.17) is 16.7 Å². The second-order valence-corrected chi connectivity index (χ2v) is 5.57. The second kappa shape index (κ2) is 6.78. The number of nitro benzene ring substituents is 1. The third-order valence-corrected chi connectivity index (χ3v) is 4.19. The summed E-state index contributed by atoms with van der Waals surface area (Å²) in [5.41, 5.74) is -0.311. The van der Waals surface area contributed by atoms with Gasteiger partial charge in [-0.05, 0) is 37.6 Å². The van der Waals surface area contributed by atoms with Crippen molar-refractivity contribution in [2.75, 3.05) is 0 Å². The van der Waals surface area contributed by atoms with E-state index in [1.54, 1.807) is 6.92 Å². The first-order valence-electron chi connectivity index (χ1n) is 6.91. The van der Waals surface area contributed by atoms with Crippen molar-refractivity contribution < 1.29 is 25.0 Å². The van der Waals surface area contributed by atoms with E-state index in [0.717, 1.165) is 12.3 Å². The molecule has 9 heteroatoms. The fourth-order valence-corrected chi connectivity index (χ4v) is 2.50. The van der Waals surface area contributed by atoms with E-state index >= 15 is 0 Å². The Morgan fingerprint density at radius 3 is 2.48 bits per heavy atom. The van der Waals surface area contributed by atoms with Crippen molar-refractivity contribution in [3.8, 4) is 11.5 Å². The van der Waals surface area contributed by atoms with Crippen molar-refractivity contribution in [2.24, 2.45) is 4.99 Å². The highest BCUT2D eigenvalue weighted by molar-refractivity contribution is 6.33. The summed E-state index contributed by atoms with van der Waals surface area (Å²) in [6, 6.07) is 3.54. The van der Waals surface area contributed by atoms with E-state index < -0.39 is 22.3 Å². The molecule has 130 valence electrons. The van der Waals surface area contributed by atoms with E-state index in [0.29, 0.717) is 5.56 Å². The first-order valence-corrected chi connectivity index (χ1v) is 7.29. The number of phenolic OH excluding ortho intramolecular Hbond substituents is 2. The van der Waals surface area contributed by atoms with Crippen LogP contribution in [0.15, 0.2) is 23.2 Å². The number of rotatable bonds is 4. The van der Waals surface area contributed by atoms with Crippen LogP contribution in [0.2, 0.25) is 5.02 Å². The molecule has 0 aliphatic rings. The Balaban J connectivity index is 2.64. The Labute approximate surface area is 146 Å². The summed E-state index contributed by atoms with van der Waals surface area (Å²) in [4.78, 5) is 25.6. The van der Waals surface area contributed by atoms with Crippen molar-refractivity contribution in [1.29, 1.82) is 0 Å². The highest BCUT2D eigenvalue weighted by Crippen LogP contribution is 2.40. The summed E-state index contributed by atoms with van der Waals surface area (Å²) >= 11 is 6.08. The number of benzene rings is 2. The smallest absolute Gasteiger partial charge is 0.338 e. The fraction of sp³-hybridized carbons (Fsp3) is 0.125. The zero-order valence-corrected chi connectivity index (χ0v) is 13.9. The van der Waals surface area contributed by atoms with Crippen LogP contribution in [0.3, 0.4) is 0 Å². The number of aliphatic imine (C=N–C) groups is 1. The first kappa shape index (κ1) is 18.2. The van der Waals surface area contributed by atoms with Gasteiger partial charge in [-0.1, -0.05) is 11.6 Å². The highest BCUT2D eigenvalue weighted by Gasteiger charge is 2.25. The van der Waals surface area contributed by atoms with E-state index in [1.165, 1.54) is 19.1 Å². The van der Waals surface area contributed by atoms with Gasteiger partial charge in [0.25, 0.3) is 0 Å². The first-order chi connectivity index (χ1) is 11.6. The molecule has 2 aromatic rings. The number of carbonyl (C=O) groups is 1. The molecule has 0 aliphatic heterocycles. The summed E-state index contributed by atoms with van der Waals surface area (Å²) in [6.07, 6.45) is 1.10. The normalized spacial score (nSPS) is 11.0. The van der Waals surface area contributed by atoms with Gasteiger partial charge in [-0.15, -0.1) is 0 Å². The Morgan fingerprint density at radius 1 is 1.28 bits per heavy atom. The molecule has 2 rings (SSSR count). The molecular weight excluding hydrogens is 352 g/mol. The van der Waals surface area contributed by atoms with Gasteiger partial charge >= 0.3 is 11.7 Å². The Hall–Kier alpha value is -3.13. The largest absolute Gasteiger partial charge is 0.508 e. The fourth-order valence-electron chi connectivity index (χ4n) is 2.31. The lowest BCUT2D eigenvalue weighted by molar-refractivity contribution is -0.386. The third kappa shape index (κ3) is 3.38. The maximum absolute atomic E-state index is 11.2. The molecule has 0 saturated heterocycles. The second-order valence-electron chi connectivity index (χ2n) is 5.20. The predicted octanol–water partition coefficient (Wildman–Crippen LogP) is 3.73. The molecule has 0 aliphatic carbocycles. The molecule has 0 fully saturated rings. The topological polar surface area (TPSA) is 133 Å². The molecule has 0 heterocycles. The zero-order chi connectivity index (χ0) is 18.9. The number of hydrogen-bond acceptors (Lipinski definition) is 6. The summed E-state index contributed by atoms with van der Waals surface area (Å²) in [5.74, 6) is -2.16. The van der Waals surface area contributed by atoms with Gasteiger partial charge < -0.3 is 15.3 Å². The maximum atomic E-state index is 11.2. The molecule has 3 N–H and O–H groups in total.